The molecular formula is C11H19F3N2O3S. The topological polar surface area (TPSA) is 58.6 Å². The van der Waals surface area contributed by atoms with Gasteiger partial charge in [0.25, 0.3) is 10.2 Å². The molecule has 1 N–H and O–H groups in total. The predicted octanol–water partition coefficient (Wildman–Crippen LogP) is 1.27. The van der Waals surface area contributed by atoms with E-state index in [-0.39, 0.29) is 25.9 Å². The van der Waals surface area contributed by atoms with Gasteiger partial charge in [0.1, 0.15) is 0 Å². The Morgan fingerprint density at radius 3 is 2.40 bits per heavy atom. The highest BCUT2D eigenvalue weighted by Gasteiger charge is 2.43. The molecular weight excluding hydrogens is 297 g/mol. The highest BCUT2D eigenvalue weighted by Crippen LogP contribution is 2.37. The van der Waals surface area contributed by atoms with Crippen molar-refractivity contribution in [2.75, 3.05) is 26.3 Å². The number of hydrogen-bond donors (Lipinski definition) is 1. The molecule has 0 aromatic heterocycles. The third kappa shape index (κ3) is 4.06. The van der Waals surface area contributed by atoms with Crippen molar-refractivity contribution >= 4 is 10.2 Å². The lowest BCUT2D eigenvalue weighted by atomic mass is 9.86. The summed E-state index contributed by atoms with van der Waals surface area (Å²) in [5.41, 5.74) is 0. The van der Waals surface area contributed by atoms with Crippen LogP contribution in [0.3, 0.4) is 0 Å². The van der Waals surface area contributed by atoms with Crippen LogP contribution >= 0.6 is 0 Å². The Labute approximate surface area is 116 Å². The summed E-state index contributed by atoms with van der Waals surface area (Å²) >= 11 is 0. The van der Waals surface area contributed by atoms with Crippen LogP contribution in [0.2, 0.25) is 0 Å². The van der Waals surface area contributed by atoms with Gasteiger partial charge >= 0.3 is 6.18 Å². The first kappa shape index (κ1) is 16.0. The molecule has 0 bridgehead atoms. The average molecular weight is 316 g/mol. The molecule has 0 radical (unpaired) electrons. The lowest BCUT2D eigenvalue weighted by Gasteiger charge is -2.33. The van der Waals surface area contributed by atoms with Crippen LogP contribution < -0.4 is 4.72 Å². The molecule has 0 spiro atoms. The molecule has 9 heteroatoms. The third-order valence-corrected chi connectivity index (χ3v) is 5.44. The zero-order valence-electron chi connectivity index (χ0n) is 11.0. The van der Waals surface area contributed by atoms with Crippen molar-refractivity contribution in [2.24, 2.45) is 5.92 Å². The molecule has 1 aliphatic heterocycles. The molecule has 0 aromatic rings. The number of halogens is 3. The first-order valence-corrected chi connectivity index (χ1v) is 8.15. The summed E-state index contributed by atoms with van der Waals surface area (Å²) in [6.07, 6.45) is -3.49. The van der Waals surface area contributed by atoms with Crippen LogP contribution in [-0.4, -0.2) is 51.2 Å². The molecule has 1 aliphatic carbocycles. The summed E-state index contributed by atoms with van der Waals surface area (Å²) in [4.78, 5) is 0. The van der Waals surface area contributed by atoms with E-state index in [9.17, 15) is 21.6 Å². The van der Waals surface area contributed by atoms with Gasteiger partial charge in [0.05, 0.1) is 19.1 Å². The number of ether oxygens (including phenoxy) is 1. The molecule has 2 atom stereocenters. The SMILES string of the molecule is O=S(=O)(N[C@@H]1CCC[C@H](C(F)(F)F)C1)N1CCOCC1. The summed E-state index contributed by atoms with van der Waals surface area (Å²) in [5.74, 6) is -1.41. The van der Waals surface area contributed by atoms with Crippen LogP contribution in [0.4, 0.5) is 13.2 Å². The second-order valence-corrected chi connectivity index (χ2v) is 6.94. The average Bonchev–Trinajstić information content (AvgIpc) is 2.38. The molecule has 2 fully saturated rings. The van der Waals surface area contributed by atoms with Crippen molar-refractivity contribution in [3.8, 4) is 0 Å². The van der Waals surface area contributed by atoms with Crippen molar-refractivity contribution in [1.29, 1.82) is 0 Å². The second kappa shape index (κ2) is 6.17. The Kier molecular flexibility index (Phi) is 4.93. The van der Waals surface area contributed by atoms with E-state index < -0.39 is 28.3 Å². The molecule has 0 amide bonds. The number of alkyl halides is 3. The number of morpholine rings is 1. The maximum absolute atomic E-state index is 12.7. The van der Waals surface area contributed by atoms with E-state index in [0.29, 0.717) is 26.1 Å². The Morgan fingerprint density at radius 1 is 1.15 bits per heavy atom. The number of hydrogen-bond acceptors (Lipinski definition) is 3. The highest BCUT2D eigenvalue weighted by atomic mass is 32.2. The Balaban J connectivity index is 1.94. The molecule has 0 unspecified atom stereocenters. The smallest absolute Gasteiger partial charge is 0.379 e. The van der Waals surface area contributed by atoms with Crippen molar-refractivity contribution in [2.45, 2.75) is 37.9 Å². The molecule has 0 aromatic carbocycles. The minimum absolute atomic E-state index is 0.0826. The van der Waals surface area contributed by atoms with Crippen LogP contribution in [0, 0.1) is 5.92 Å². The fourth-order valence-corrected chi connectivity index (χ4v) is 4.08. The summed E-state index contributed by atoms with van der Waals surface area (Å²) in [7, 11) is -3.72. The number of nitrogens with one attached hydrogen (secondary N) is 1. The highest BCUT2D eigenvalue weighted by molar-refractivity contribution is 7.87. The lowest BCUT2D eigenvalue weighted by molar-refractivity contribution is -0.183. The van der Waals surface area contributed by atoms with Crippen molar-refractivity contribution in [1.82, 2.24) is 9.03 Å². The van der Waals surface area contributed by atoms with Gasteiger partial charge in [-0.15, -0.1) is 0 Å². The molecule has 1 saturated carbocycles. The largest absolute Gasteiger partial charge is 0.391 e. The van der Waals surface area contributed by atoms with Gasteiger partial charge in [0, 0.05) is 19.1 Å². The van der Waals surface area contributed by atoms with Gasteiger partial charge in [-0.1, -0.05) is 6.42 Å². The van der Waals surface area contributed by atoms with Crippen molar-refractivity contribution < 1.29 is 26.3 Å². The zero-order chi connectivity index (χ0) is 14.8. The lowest BCUT2D eigenvalue weighted by Crippen LogP contribution is -2.51. The third-order valence-electron chi connectivity index (χ3n) is 3.76. The molecule has 2 rings (SSSR count). The van der Waals surface area contributed by atoms with Gasteiger partial charge in [-0.3, -0.25) is 0 Å². The van der Waals surface area contributed by atoms with E-state index in [4.69, 9.17) is 4.74 Å². The Hall–Kier alpha value is -0.380. The van der Waals surface area contributed by atoms with Gasteiger partial charge in [-0.05, 0) is 19.3 Å². The monoisotopic (exact) mass is 316 g/mol. The summed E-state index contributed by atoms with van der Waals surface area (Å²) in [6.45, 7) is 1.11. The summed E-state index contributed by atoms with van der Waals surface area (Å²) in [6, 6.07) is -0.636. The van der Waals surface area contributed by atoms with Crippen LogP contribution in [-0.2, 0) is 14.9 Å². The van der Waals surface area contributed by atoms with E-state index in [2.05, 4.69) is 4.72 Å². The van der Waals surface area contributed by atoms with Crippen molar-refractivity contribution in [3.63, 3.8) is 0 Å². The normalized spacial score (nSPS) is 30.4. The molecule has 2 aliphatic rings. The number of rotatable bonds is 3. The van der Waals surface area contributed by atoms with E-state index in [0.717, 1.165) is 0 Å². The fourth-order valence-electron chi connectivity index (χ4n) is 2.67. The summed E-state index contributed by atoms with van der Waals surface area (Å²) in [5, 5.41) is 0. The second-order valence-electron chi connectivity index (χ2n) is 5.24. The minimum atomic E-state index is -4.25. The molecule has 5 nitrogen and oxygen atoms in total. The van der Waals surface area contributed by atoms with Gasteiger partial charge in [-0.2, -0.15) is 30.6 Å². The molecule has 118 valence electrons. The van der Waals surface area contributed by atoms with Gasteiger partial charge < -0.3 is 4.74 Å². The number of nitrogens with zero attached hydrogens (tertiary/aromatic N) is 1. The first-order valence-electron chi connectivity index (χ1n) is 6.71. The minimum Gasteiger partial charge on any atom is -0.379 e. The van der Waals surface area contributed by atoms with Gasteiger partial charge in [-0.25, -0.2) is 0 Å². The maximum atomic E-state index is 12.7. The first-order chi connectivity index (χ1) is 9.29. The van der Waals surface area contributed by atoms with Gasteiger partial charge in [0.2, 0.25) is 0 Å². The van der Waals surface area contributed by atoms with E-state index in [1.54, 1.807) is 0 Å². The zero-order valence-corrected chi connectivity index (χ0v) is 11.8. The summed E-state index contributed by atoms with van der Waals surface area (Å²) < 4.78 is 71.0. The fraction of sp³-hybridized carbons (Fsp3) is 1.00. The van der Waals surface area contributed by atoms with Crippen LogP contribution in [0.1, 0.15) is 25.7 Å². The van der Waals surface area contributed by atoms with E-state index >= 15 is 0 Å². The Morgan fingerprint density at radius 2 is 1.80 bits per heavy atom. The van der Waals surface area contributed by atoms with E-state index in [1.165, 1.54) is 4.31 Å². The van der Waals surface area contributed by atoms with Crippen LogP contribution in [0.15, 0.2) is 0 Å². The van der Waals surface area contributed by atoms with Crippen LogP contribution in [0.25, 0.3) is 0 Å². The molecule has 1 saturated heterocycles. The van der Waals surface area contributed by atoms with Crippen LogP contribution in [0.5, 0.6) is 0 Å². The van der Waals surface area contributed by atoms with Gasteiger partial charge in [0.15, 0.2) is 0 Å². The molecule has 1 heterocycles. The predicted molar refractivity (Wildman–Crippen MR) is 66.2 cm³/mol. The molecule has 20 heavy (non-hydrogen) atoms. The maximum Gasteiger partial charge on any atom is 0.391 e. The quantitative estimate of drug-likeness (QED) is 0.853. The van der Waals surface area contributed by atoms with E-state index in [1.807, 2.05) is 0 Å². The van der Waals surface area contributed by atoms with Crippen molar-refractivity contribution in [3.05, 3.63) is 0 Å². The standard InChI is InChI=1S/C11H19F3N2O3S/c12-11(13,14)9-2-1-3-10(8-9)15-20(17,18)16-4-6-19-7-5-16/h9-10,15H,1-8H2/t9-,10+/m0/s1. The Bertz CT molecular complexity index is 421.